The molecule has 1 amide bonds. The van der Waals surface area contributed by atoms with Crippen LogP contribution >= 0.6 is 0 Å². The molecular formula is C22H21NO5. The Morgan fingerprint density at radius 1 is 1.14 bits per heavy atom. The lowest BCUT2D eigenvalue weighted by Gasteiger charge is -2.26. The number of hydrogen-bond acceptors (Lipinski definition) is 5. The van der Waals surface area contributed by atoms with Crippen molar-refractivity contribution in [2.75, 3.05) is 20.3 Å². The number of benzene rings is 2. The van der Waals surface area contributed by atoms with Crippen molar-refractivity contribution in [2.24, 2.45) is 0 Å². The molecule has 3 rings (SSSR count). The fourth-order valence-electron chi connectivity index (χ4n) is 3.20. The van der Waals surface area contributed by atoms with Gasteiger partial charge in [0.15, 0.2) is 11.5 Å². The third-order valence-electron chi connectivity index (χ3n) is 4.57. The van der Waals surface area contributed by atoms with Gasteiger partial charge in [0, 0.05) is 6.54 Å². The predicted molar refractivity (Wildman–Crippen MR) is 105 cm³/mol. The number of allylic oxidation sites excluding steroid dienone is 1. The topological polar surface area (TPSA) is 87.1 Å². The van der Waals surface area contributed by atoms with Gasteiger partial charge in [-0.2, -0.15) is 0 Å². The van der Waals surface area contributed by atoms with Gasteiger partial charge >= 0.3 is 0 Å². The van der Waals surface area contributed by atoms with E-state index >= 15 is 0 Å². The number of aliphatic hydroxyl groups is 2. The first kappa shape index (κ1) is 19.4. The normalized spacial score (nSPS) is 16.9. The summed E-state index contributed by atoms with van der Waals surface area (Å²) in [7, 11) is 1.54. The number of β-amino-alcohol motifs (C(OH)–C–C–N with tert-alkyl or cyclic N) is 1. The number of nitrogens with zero attached hydrogens (tertiary/aromatic N) is 1. The Labute approximate surface area is 163 Å². The van der Waals surface area contributed by atoms with Crippen LogP contribution in [0, 0.1) is 0 Å². The molecule has 0 radical (unpaired) electrons. The molecule has 0 saturated heterocycles. The van der Waals surface area contributed by atoms with Gasteiger partial charge in [-0.3, -0.25) is 9.59 Å². The van der Waals surface area contributed by atoms with E-state index in [1.807, 2.05) is 30.3 Å². The first-order valence-corrected chi connectivity index (χ1v) is 8.83. The highest BCUT2D eigenvalue weighted by Crippen LogP contribution is 2.38. The number of methoxy groups -OCH3 is 1. The van der Waals surface area contributed by atoms with E-state index in [4.69, 9.17) is 4.74 Å². The summed E-state index contributed by atoms with van der Waals surface area (Å²) in [5.74, 6) is -1.09. The van der Waals surface area contributed by atoms with Gasteiger partial charge in [-0.1, -0.05) is 48.5 Å². The second-order valence-electron chi connectivity index (χ2n) is 6.27. The molecule has 0 spiro atoms. The third kappa shape index (κ3) is 3.82. The third-order valence-corrected chi connectivity index (χ3v) is 4.57. The summed E-state index contributed by atoms with van der Waals surface area (Å²) in [4.78, 5) is 26.7. The number of carbonyl (C=O) groups is 2. The van der Waals surface area contributed by atoms with Gasteiger partial charge < -0.3 is 19.8 Å². The Hall–Kier alpha value is -3.38. The van der Waals surface area contributed by atoms with E-state index in [-0.39, 0.29) is 18.7 Å². The Morgan fingerprint density at radius 2 is 1.82 bits per heavy atom. The lowest BCUT2D eigenvalue weighted by Crippen LogP contribution is -2.33. The van der Waals surface area contributed by atoms with E-state index in [0.29, 0.717) is 11.3 Å². The minimum absolute atomic E-state index is 0.00122. The van der Waals surface area contributed by atoms with Crippen molar-refractivity contribution >= 4 is 17.8 Å². The highest BCUT2D eigenvalue weighted by atomic mass is 16.5. The lowest BCUT2D eigenvalue weighted by atomic mass is 9.95. The second-order valence-corrected chi connectivity index (χ2v) is 6.27. The van der Waals surface area contributed by atoms with Crippen LogP contribution in [0.3, 0.4) is 0 Å². The molecule has 28 heavy (non-hydrogen) atoms. The van der Waals surface area contributed by atoms with Crippen molar-refractivity contribution in [3.05, 3.63) is 83.1 Å². The number of amides is 1. The van der Waals surface area contributed by atoms with E-state index in [9.17, 15) is 19.8 Å². The Morgan fingerprint density at radius 3 is 2.43 bits per heavy atom. The number of ketones is 1. The Balaban J connectivity index is 1.98. The van der Waals surface area contributed by atoms with Crippen LogP contribution in [0.25, 0.3) is 6.08 Å². The highest BCUT2D eigenvalue weighted by Gasteiger charge is 2.42. The number of carbonyl (C=O) groups excluding carboxylic acids is 2. The quantitative estimate of drug-likeness (QED) is 0.723. The average molecular weight is 379 g/mol. The largest absolute Gasteiger partial charge is 0.503 e. The SMILES string of the molecule is COc1ccc(C2C(C(=O)/C=C/c3ccccc3)=C(O)C(=O)N2CCO)cc1. The summed E-state index contributed by atoms with van der Waals surface area (Å²) in [6, 6.07) is 15.4. The van der Waals surface area contributed by atoms with Crippen LogP contribution in [0.1, 0.15) is 17.2 Å². The van der Waals surface area contributed by atoms with Gasteiger partial charge in [-0.25, -0.2) is 0 Å². The van der Waals surface area contributed by atoms with Gasteiger partial charge in [0.25, 0.3) is 5.91 Å². The van der Waals surface area contributed by atoms with E-state index in [1.54, 1.807) is 37.5 Å². The smallest absolute Gasteiger partial charge is 0.290 e. The number of hydrogen-bond donors (Lipinski definition) is 2. The first-order valence-electron chi connectivity index (χ1n) is 8.83. The molecule has 2 aromatic rings. The second kappa shape index (κ2) is 8.54. The summed E-state index contributed by atoms with van der Waals surface area (Å²) < 4.78 is 5.15. The molecule has 1 aliphatic heterocycles. The van der Waals surface area contributed by atoms with Crippen LogP contribution in [-0.4, -0.2) is 47.1 Å². The standard InChI is InChI=1S/C22H21NO5/c1-28-17-10-8-16(9-11-17)20-19(21(26)22(27)23(20)13-14-24)18(25)12-7-15-5-3-2-4-6-15/h2-12,20,24,26H,13-14H2,1H3/b12-7+. The molecule has 0 saturated carbocycles. The molecule has 6 nitrogen and oxygen atoms in total. The van der Waals surface area contributed by atoms with Crippen LogP contribution in [0.4, 0.5) is 0 Å². The molecule has 0 bridgehead atoms. The highest BCUT2D eigenvalue weighted by molar-refractivity contribution is 6.14. The van der Waals surface area contributed by atoms with Crippen molar-refractivity contribution in [1.29, 1.82) is 0 Å². The molecular weight excluding hydrogens is 358 g/mol. The molecule has 144 valence electrons. The predicted octanol–water partition coefficient (Wildman–Crippen LogP) is 2.67. The summed E-state index contributed by atoms with van der Waals surface area (Å²) in [5.41, 5.74) is 1.47. The molecule has 0 fully saturated rings. The van der Waals surface area contributed by atoms with Crippen LogP contribution in [0.2, 0.25) is 0 Å². The maximum Gasteiger partial charge on any atom is 0.290 e. The zero-order valence-electron chi connectivity index (χ0n) is 15.4. The van der Waals surface area contributed by atoms with Crippen LogP contribution < -0.4 is 4.74 Å². The fourth-order valence-corrected chi connectivity index (χ4v) is 3.20. The van der Waals surface area contributed by atoms with Crippen molar-refractivity contribution in [2.45, 2.75) is 6.04 Å². The molecule has 2 N–H and O–H groups in total. The molecule has 1 atom stereocenters. The van der Waals surface area contributed by atoms with Gasteiger partial charge in [0.2, 0.25) is 0 Å². The van der Waals surface area contributed by atoms with Gasteiger partial charge in [0.1, 0.15) is 5.75 Å². The summed E-state index contributed by atoms with van der Waals surface area (Å²) >= 11 is 0. The lowest BCUT2D eigenvalue weighted by molar-refractivity contribution is -0.129. The van der Waals surface area contributed by atoms with E-state index < -0.39 is 23.5 Å². The minimum atomic E-state index is -0.779. The number of ether oxygens (including phenoxy) is 1. The first-order chi connectivity index (χ1) is 13.6. The molecule has 2 aromatic carbocycles. The summed E-state index contributed by atoms with van der Waals surface area (Å²) in [5, 5.41) is 19.7. The fraction of sp³-hybridized carbons (Fsp3) is 0.182. The van der Waals surface area contributed by atoms with Gasteiger partial charge in [-0.15, -0.1) is 0 Å². The van der Waals surface area contributed by atoms with Crippen LogP contribution in [0.5, 0.6) is 5.75 Å². The summed E-state index contributed by atoms with van der Waals surface area (Å²) in [6.07, 6.45) is 2.97. The van der Waals surface area contributed by atoms with Crippen molar-refractivity contribution < 1.29 is 24.5 Å². The van der Waals surface area contributed by atoms with Crippen molar-refractivity contribution in [1.82, 2.24) is 4.90 Å². The molecule has 1 unspecified atom stereocenters. The van der Waals surface area contributed by atoms with Crippen LogP contribution in [0.15, 0.2) is 72.0 Å². The summed E-state index contributed by atoms with van der Waals surface area (Å²) in [6.45, 7) is -0.286. The number of aliphatic hydroxyl groups excluding tert-OH is 2. The van der Waals surface area contributed by atoms with Crippen molar-refractivity contribution in [3.63, 3.8) is 0 Å². The van der Waals surface area contributed by atoms with Crippen molar-refractivity contribution in [3.8, 4) is 5.75 Å². The van der Waals surface area contributed by atoms with E-state index in [2.05, 4.69) is 0 Å². The molecule has 1 aliphatic rings. The maximum absolute atomic E-state index is 12.9. The molecule has 6 heteroatoms. The zero-order valence-corrected chi connectivity index (χ0v) is 15.4. The Kier molecular flexibility index (Phi) is 5.91. The number of rotatable bonds is 7. The van der Waals surface area contributed by atoms with E-state index in [0.717, 1.165) is 5.56 Å². The van der Waals surface area contributed by atoms with E-state index in [1.165, 1.54) is 11.0 Å². The average Bonchev–Trinajstić information content (AvgIpc) is 2.98. The maximum atomic E-state index is 12.9. The van der Waals surface area contributed by atoms with Crippen LogP contribution in [-0.2, 0) is 9.59 Å². The zero-order chi connectivity index (χ0) is 20.1. The monoisotopic (exact) mass is 379 g/mol. The van der Waals surface area contributed by atoms with Gasteiger partial charge in [0.05, 0.1) is 25.3 Å². The Bertz CT molecular complexity index is 916. The van der Waals surface area contributed by atoms with Gasteiger partial charge in [-0.05, 0) is 29.3 Å². The molecule has 0 aromatic heterocycles. The molecule has 0 aliphatic carbocycles. The minimum Gasteiger partial charge on any atom is -0.503 e. The molecule has 1 heterocycles.